The van der Waals surface area contributed by atoms with Crippen molar-refractivity contribution in [3.63, 3.8) is 0 Å². The highest BCUT2D eigenvalue weighted by Crippen LogP contribution is 2.18. The molecule has 0 amide bonds. The summed E-state index contributed by atoms with van der Waals surface area (Å²) in [4.78, 5) is 11.0. The normalized spacial score (nSPS) is 10.3. The summed E-state index contributed by atoms with van der Waals surface area (Å²) in [6.45, 7) is 4.00. The second-order valence-corrected chi connectivity index (χ2v) is 2.34. The molecule has 0 radical (unpaired) electrons. The second kappa shape index (κ2) is 5.43. The molecule has 86 valence electrons. The second-order valence-electron chi connectivity index (χ2n) is 2.34. The zero-order valence-electron chi connectivity index (χ0n) is 8.63. The van der Waals surface area contributed by atoms with Gasteiger partial charge in [0.15, 0.2) is 5.75 Å². The molecule has 0 spiro atoms. The molecule has 1 aromatic heterocycles. The minimum atomic E-state index is -4.83. The quantitative estimate of drug-likeness (QED) is 0.731. The van der Waals surface area contributed by atoms with Crippen molar-refractivity contribution in [2.45, 2.75) is 20.2 Å². The van der Waals surface area contributed by atoms with E-state index in [4.69, 9.17) is 0 Å². The van der Waals surface area contributed by atoms with Gasteiger partial charge < -0.3 is 9.30 Å². The van der Waals surface area contributed by atoms with E-state index in [9.17, 15) is 18.0 Å². The van der Waals surface area contributed by atoms with Crippen LogP contribution in [0.3, 0.4) is 0 Å². The first-order chi connectivity index (χ1) is 6.90. The Bertz CT molecular complexity index is 357. The van der Waals surface area contributed by atoms with E-state index in [0.29, 0.717) is 0 Å². The van der Waals surface area contributed by atoms with Gasteiger partial charge in [-0.05, 0) is 12.1 Å². The average molecular weight is 223 g/mol. The van der Waals surface area contributed by atoms with Crippen molar-refractivity contribution in [3.8, 4) is 5.75 Å². The van der Waals surface area contributed by atoms with Crippen molar-refractivity contribution >= 4 is 0 Å². The fourth-order valence-corrected chi connectivity index (χ4v) is 0.775. The molecule has 6 heteroatoms. The Morgan fingerprint density at radius 2 is 1.87 bits per heavy atom. The van der Waals surface area contributed by atoms with E-state index in [1.165, 1.54) is 19.3 Å². The predicted octanol–water partition coefficient (Wildman–Crippen LogP) is 2.31. The highest BCUT2D eigenvalue weighted by Gasteiger charge is 2.32. The highest BCUT2D eigenvalue weighted by atomic mass is 19.4. The zero-order valence-corrected chi connectivity index (χ0v) is 8.63. The Morgan fingerprint density at radius 1 is 1.33 bits per heavy atom. The van der Waals surface area contributed by atoms with E-state index in [2.05, 4.69) is 4.74 Å². The van der Waals surface area contributed by atoms with Crippen molar-refractivity contribution in [1.29, 1.82) is 0 Å². The topological polar surface area (TPSA) is 31.2 Å². The molecule has 1 heterocycles. The van der Waals surface area contributed by atoms with Crippen molar-refractivity contribution in [3.05, 3.63) is 28.7 Å². The Labute approximate surface area is 85.1 Å². The van der Waals surface area contributed by atoms with E-state index in [-0.39, 0.29) is 0 Å². The third-order valence-electron chi connectivity index (χ3n) is 1.31. The molecule has 0 aromatic carbocycles. The van der Waals surface area contributed by atoms with E-state index < -0.39 is 17.7 Å². The van der Waals surface area contributed by atoms with E-state index in [1.807, 2.05) is 13.8 Å². The summed E-state index contributed by atoms with van der Waals surface area (Å²) in [6, 6.07) is 2.26. The van der Waals surface area contributed by atoms with E-state index in [0.717, 1.165) is 10.6 Å². The molecule has 0 bridgehead atoms. The molecule has 3 nitrogen and oxygen atoms in total. The lowest BCUT2D eigenvalue weighted by Gasteiger charge is -2.08. The van der Waals surface area contributed by atoms with Crippen LogP contribution < -0.4 is 10.3 Å². The summed E-state index contributed by atoms with van der Waals surface area (Å²) in [6.07, 6.45) is -3.49. The smallest absolute Gasteiger partial charge is 0.400 e. The maximum Gasteiger partial charge on any atom is 0.573 e. The van der Waals surface area contributed by atoms with Gasteiger partial charge >= 0.3 is 6.36 Å². The van der Waals surface area contributed by atoms with Crippen LogP contribution in [-0.4, -0.2) is 10.9 Å². The zero-order chi connectivity index (χ0) is 12.1. The lowest BCUT2D eigenvalue weighted by Crippen LogP contribution is -2.25. The predicted molar refractivity (Wildman–Crippen MR) is 49.7 cm³/mol. The minimum absolute atomic E-state index is 0.725. The molecule has 0 unspecified atom stereocenters. The number of halogens is 3. The molecule has 0 aliphatic carbocycles. The first-order valence-electron chi connectivity index (χ1n) is 4.31. The van der Waals surface area contributed by atoms with Crippen molar-refractivity contribution in [2.75, 3.05) is 0 Å². The van der Waals surface area contributed by atoms with Crippen LogP contribution in [0, 0.1) is 0 Å². The summed E-state index contributed by atoms with van der Waals surface area (Å²) < 4.78 is 39.5. The molecule has 0 aliphatic rings. The third-order valence-corrected chi connectivity index (χ3v) is 1.31. The van der Waals surface area contributed by atoms with Gasteiger partial charge in [-0.15, -0.1) is 13.2 Å². The summed E-state index contributed by atoms with van der Waals surface area (Å²) in [5.41, 5.74) is -0.820. The number of aryl methyl sites for hydroxylation is 1. The van der Waals surface area contributed by atoms with Crippen LogP contribution in [0.5, 0.6) is 5.75 Å². The Balaban J connectivity index is 0.000000921. The number of hydrogen-bond donors (Lipinski definition) is 0. The summed E-state index contributed by atoms with van der Waals surface area (Å²) in [7, 11) is 1.34. The van der Waals surface area contributed by atoms with Gasteiger partial charge in [-0.1, -0.05) is 13.8 Å². The number of pyridine rings is 1. The molecule has 0 fully saturated rings. The number of nitrogens with zero attached hydrogens (tertiary/aromatic N) is 1. The number of hydrogen-bond acceptors (Lipinski definition) is 2. The lowest BCUT2D eigenvalue weighted by atomic mass is 10.4. The fourth-order valence-electron chi connectivity index (χ4n) is 0.775. The Hall–Kier alpha value is -1.46. The van der Waals surface area contributed by atoms with Gasteiger partial charge in [-0.3, -0.25) is 4.79 Å². The Morgan fingerprint density at radius 3 is 2.33 bits per heavy atom. The first kappa shape index (κ1) is 13.5. The molecule has 0 saturated carbocycles. The fraction of sp³-hybridized carbons (Fsp3) is 0.444. The maximum atomic E-state index is 11.7. The van der Waals surface area contributed by atoms with Crippen LogP contribution in [0.25, 0.3) is 0 Å². The van der Waals surface area contributed by atoms with Crippen LogP contribution in [0.15, 0.2) is 23.1 Å². The Kier molecular flexibility index (Phi) is 4.90. The third kappa shape index (κ3) is 4.53. The maximum absolute atomic E-state index is 11.7. The van der Waals surface area contributed by atoms with Gasteiger partial charge in [0.05, 0.1) is 0 Å². The molecule has 1 rings (SSSR count). The van der Waals surface area contributed by atoms with Crippen LogP contribution in [0.4, 0.5) is 13.2 Å². The largest absolute Gasteiger partial charge is 0.573 e. The SMILES string of the molecule is CC.Cn1cccc(OC(F)(F)F)c1=O. The average Bonchev–Trinajstić information content (AvgIpc) is 2.14. The van der Waals surface area contributed by atoms with E-state index >= 15 is 0 Å². The standard InChI is InChI=1S/C7H6F3NO2.C2H6/c1-11-4-2-3-5(6(11)12)13-7(8,9)10;1-2/h2-4H,1H3;1-2H3. The first-order valence-corrected chi connectivity index (χ1v) is 4.31. The van der Waals surface area contributed by atoms with Crippen LogP contribution >= 0.6 is 0 Å². The van der Waals surface area contributed by atoms with Crippen molar-refractivity contribution in [2.24, 2.45) is 7.05 Å². The number of rotatable bonds is 1. The van der Waals surface area contributed by atoms with Crippen LogP contribution in [0.2, 0.25) is 0 Å². The van der Waals surface area contributed by atoms with Gasteiger partial charge in [0.25, 0.3) is 5.56 Å². The molecule has 0 atom stereocenters. The number of aromatic nitrogens is 1. The number of alkyl halides is 3. The molecule has 0 N–H and O–H groups in total. The molecule has 15 heavy (non-hydrogen) atoms. The van der Waals surface area contributed by atoms with Gasteiger partial charge in [0, 0.05) is 13.2 Å². The molecule has 0 saturated heterocycles. The van der Waals surface area contributed by atoms with Gasteiger partial charge in [-0.2, -0.15) is 0 Å². The molecule has 0 aliphatic heterocycles. The molecular formula is C9H12F3NO2. The number of ether oxygens (including phenoxy) is 1. The van der Waals surface area contributed by atoms with Gasteiger partial charge in [0.2, 0.25) is 0 Å². The molecule has 1 aromatic rings. The van der Waals surface area contributed by atoms with Gasteiger partial charge in [-0.25, -0.2) is 0 Å². The monoisotopic (exact) mass is 223 g/mol. The highest BCUT2D eigenvalue weighted by molar-refractivity contribution is 5.17. The summed E-state index contributed by atoms with van der Waals surface area (Å²) in [5, 5.41) is 0. The lowest BCUT2D eigenvalue weighted by molar-refractivity contribution is -0.275. The summed E-state index contributed by atoms with van der Waals surface area (Å²) in [5.74, 6) is -0.725. The molecular weight excluding hydrogens is 211 g/mol. The van der Waals surface area contributed by atoms with Crippen molar-refractivity contribution < 1.29 is 17.9 Å². The summed E-state index contributed by atoms with van der Waals surface area (Å²) >= 11 is 0. The van der Waals surface area contributed by atoms with Gasteiger partial charge in [0.1, 0.15) is 0 Å². The van der Waals surface area contributed by atoms with Crippen LogP contribution in [0.1, 0.15) is 13.8 Å². The minimum Gasteiger partial charge on any atom is -0.400 e. The van der Waals surface area contributed by atoms with E-state index in [1.54, 1.807) is 0 Å². The van der Waals surface area contributed by atoms with Crippen molar-refractivity contribution in [1.82, 2.24) is 4.57 Å². The van der Waals surface area contributed by atoms with Crippen LogP contribution in [-0.2, 0) is 7.05 Å².